The average Bonchev–Trinajstić information content (AvgIpc) is 3.02. The average molecular weight is 375 g/mol. The minimum atomic E-state index is -3.48. The highest BCUT2D eigenvalue weighted by Gasteiger charge is 2.34. The van der Waals surface area contributed by atoms with E-state index in [0.717, 1.165) is 38.6 Å². The lowest BCUT2D eigenvalue weighted by atomic mass is 9.92. The summed E-state index contributed by atoms with van der Waals surface area (Å²) in [6.45, 7) is 1.78. The Hall–Kier alpha value is -0.660. The van der Waals surface area contributed by atoms with Gasteiger partial charge in [-0.3, -0.25) is 0 Å². The number of ether oxygens (including phenoxy) is 1. The van der Waals surface area contributed by atoms with E-state index in [1.165, 1.54) is 17.5 Å². The standard InChI is InChI=1S/C17H26N2O3S.ClH/c1-22-13-17(9-4-10-18-17)12-19-23(20,21)16-8-7-14-5-2-3-6-15(14)11-16;/h7-8,11,18-19H,2-6,9-10,12-13H2,1H3;1H. The number of hydrogen-bond donors (Lipinski definition) is 2. The predicted octanol–water partition coefficient (Wildman–Crippen LogP) is 2.03. The molecule has 7 heteroatoms. The van der Waals surface area contributed by atoms with Gasteiger partial charge in [-0.1, -0.05) is 6.07 Å². The van der Waals surface area contributed by atoms with E-state index in [1.54, 1.807) is 13.2 Å². The Labute approximate surface area is 151 Å². The zero-order valence-electron chi connectivity index (χ0n) is 14.1. The van der Waals surface area contributed by atoms with E-state index in [-0.39, 0.29) is 17.9 Å². The number of methoxy groups -OCH3 is 1. The van der Waals surface area contributed by atoms with Crippen LogP contribution in [0.4, 0.5) is 0 Å². The van der Waals surface area contributed by atoms with Crippen molar-refractivity contribution in [3.63, 3.8) is 0 Å². The van der Waals surface area contributed by atoms with Gasteiger partial charge in [0.15, 0.2) is 0 Å². The van der Waals surface area contributed by atoms with Crippen LogP contribution in [0.25, 0.3) is 0 Å². The summed E-state index contributed by atoms with van der Waals surface area (Å²) in [5.74, 6) is 0. The fourth-order valence-corrected chi connectivity index (χ4v) is 4.84. The second kappa shape index (κ2) is 8.15. The maximum absolute atomic E-state index is 12.6. The summed E-state index contributed by atoms with van der Waals surface area (Å²) >= 11 is 0. The van der Waals surface area contributed by atoms with Crippen molar-refractivity contribution in [2.45, 2.75) is 49.0 Å². The van der Waals surface area contributed by atoms with E-state index >= 15 is 0 Å². The molecule has 1 aliphatic carbocycles. The molecule has 1 fully saturated rings. The summed E-state index contributed by atoms with van der Waals surface area (Å²) in [4.78, 5) is 0.378. The first-order valence-corrected chi connectivity index (χ1v) is 9.88. The van der Waals surface area contributed by atoms with E-state index in [0.29, 0.717) is 18.0 Å². The number of halogens is 1. The van der Waals surface area contributed by atoms with Gasteiger partial charge in [-0.25, -0.2) is 13.1 Å². The van der Waals surface area contributed by atoms with Crippen LogP contribution in [0.2, 0.25) is 0 Å². The minimum Gasteiger partial charge on any atom is -0.383 e. The van der Waals surface area contributed by atoms with Gasteiger partial charge in [0, 0.05) is 13.7 Å². The second-order valence-electron chi connectivity index (χ2n) is 6.71. The quantitative estimate of drug-likeness (QED) is 0.799. The van der Waals surface area contributed by atoms with Crippen LogP contribution >= 0.6 is 12.4 Å². The lowest BCUT2D eigenvalue weighted by molar-refractivity contribution is 0.122. The van der Waals surface area contributed by atoms with Gasteiger partial charge < -0.3 is 10.1 Å². The van der Waals surface area contributed by atoms with Crippen molar-refractivity contribution < 1.29 is 13.2 Å². The first kappa shape index (κ1) is 19.7. The molecule has 2 aliphatic rings. The van der Waals surface area contributed by atoms with Gasteiger partial charge in [-0.05, 0) is 68.3 Å². The molecule has 1 aromatic rings. The van der Waals surface area contributed by atoms with Crippen molar-refractivity contribution in [2.75, 3.05) is 26.8 Å². The number of hydrogen-bond acceptors (Lipinski definition) is 4. The molecule has 0 saturated carbocycles. The zero-order chi connectivity index (χ0) is 16.3. The Bertz CT molecular complexity index is 658. The molecule has 1 aromatic carbocycles. The Morgan fingerprint density at radius 2 is 1.96 bits per heavy atom. The van der Waals surface area contributed by atoms with Gasteiger partial charge in [0.2, 0.25) is 10.0 Å². The molecule has 0 bridgehead atoms. The Kier molecular flexibility index (Phi) is 6.67. The van der Waals surface area contributed by atoms with Crippen LogP contribution in [0.15, 0.2) is 23.1 Å². The van der Waals surface area contributed by atoms with Crippen LogP contribution < -0.4 is 10.0 Å². The van der Waals surface area contributed by atoms with Gasteiger partial charge >= 0.3 is 0 Å². The summed E-state index contributed by atoms with van der Waals surface area (Å²) in [7, 11) is -1.83. The molecule has 1 unspecified atom stereocenters. The molecule has 1 heterocycles. The molecule has 0 amide bonds. The van der Waals surface area contributed by atoms with Crippen molar-refractivity contribution in [3.8, 4) is 0 Å². The third-order valence-corrected chi connectivity index (χ3v) is 6.38. The minimum absolute atomic E-state index is 0. The maximum atomic E-state index is 12.6. The third kappa shape index (κ3) is 4.29. The van der Waals surface area contributed by atoms with Crippen LogP contribution in [0, 0.1) is 0 Å². The van der Waals surface area contributed by atoms with Crippen LogP contribution in [-0.4, -0.2) is 40.8 Å². The first-order chi connectivity index (χ1) is 11.0. The highest BCUT2D eigenvalue weighted by Crippen LogP contribution is 2.25. The molecule has 1 aliphatic heterocycles. The Morgan fingerprint density at radius 1 is 1.21 bits per heavy atom. The van der Waals surface area contributed by atoms with Crippen molar-refractivity contribution >= 4 is 22.4 Å². The summed E-state index contributed by atoms with van der Waals surface area (Å²) in [6.07, 6.45) is 6.35. The van der Waals surface area contributed by atoms with Crippen LogP contribution in [0.3, 0.4) is 0 Å². The SMILES string of the molecule is COCC1(CNS(=O)(=O)c2ccc3c(c2)CCCC3)CCCN1.Cl. The number of fused-ring (bicyclic) bond motifs is 1. The van der Waals surface area contributed by atoms with Crippen LogP contribution in [-0.2, 0) is 27.6 Å². The monoisotopic (exact) mass is 374 g/mol. The molecule has 2 N–H and O–H groups in total. The van der Waals surface area contributed by atoms with Crippen molar-refractivity contribution in [3.05, 3.63) is 29.3 Å². The van der Waals surface area contributed by atoms with E-state index < -0.39 is 10.0 Å². The van der Waals surface area contributed by atoms with Crippen molar-refractivity contribution in [1.82, 2.24) is 10.0 Å². The molecule has 3 rings (SSSR count). The predicted molar refractivity (Wildman–Crippen MR) is 97.4 cm³/mol. The fraction of sp³-hybridized carbons (Fsp3) is 0.647. The summed E-state index contributed by atoms with van der Waals surface area (Å²) in [6, 6.07) is 5.56. The smallest absolute Gasteiger partial charge is 0.240 e. The largest absolute Gasteiger partial charge is 0.383 e. The fourth-order valence-electron chi connectivity index (χ4n) is 3.66. The lowest BCUT2D eigenvalue weighted by Gasteiger charge is -2.29. The summed E-state index contributed by atoms with van der Waals surface area (Å²) in [5.41, 5.74) is 2.20. The van der Waals surface area contributed by atoms with Crippen molar-refractivity contribution in [1.29, 1.82) is 0 Å². The maximum Gasteiger partial charge on any atom is 0.240 e. The normalized spacial score (nSPS) is 23.5. The number of rotatable bonds is 6. The molecule has 24 heavy (non-hydrogen) atoms. The van der Waals surface area contributed by atoms with Gasteiger partial charge in [0.1, 0.15) is 0 Å². The zero-order valence-corrected chi connectivity index (χ0v) is 15.8. The summed E-state index contributed by atoms with van der Waals surface area (Å²) < 4.78 is 33.3. The van der Waals surface area contributed by atoms with Crippen LogP contribution in [0.5, 0.6) is 0 Å². The number of sulfonamides is 1. The number of benzene rings is 1. The van der Waals surface area contributed by atoms with E-state index in [9.17, 15) is 8.42 Å². The molecule has 5 nitrogen and oxygen atoms in total. The molecule has 0 aromatic heterocycles. The van der Waals surface area contributed by atoms with Gasteiger partial charge in [0.25, 0.3) is 0 Å². The Balaban J connectivity index is 0.00000208. The van der Waals surface area contributed by atoms with Gasteiger partial charge in [-0.2, -0.15) is 0 Å². The Morgan fingerprint density at radius 3 is 2.62 bits per heavy atom. The number of aryl methyl sites for hydroxylation is 2. The molecular weight excluding hydrogens is 348 g/mol. The number of nitrogens with one attached hydrogen (secondary N) is 2. The first-order valence-electron chi connectivity index (χ1n) is 8.40. The van der Waals surface area contributed by atoms with Crippen LogP contribution in [0.1, 0.15) is 36.8 Å². The molecule has 136 valence electrons. The van der Waals surface area contributed by atoms with E-state index in [2.05, 4.69) is 10.0 Å². The molecule has 0 radical (unpaired) electrons. The highest BCUT2D eigenvalue weighted by atomic mass is 35.5. The molecule has 1 saturated heterocycles. The molecule has 1 atom stereocenters. The summed E-state index contributed by atoms with van der Waals surface area (Å²) in [5, 5.41) is 3.39. The van der Waals surface area contributed by atoms with Gasteiger partial charge in [0.05, 0.1) is 17.0 Å². The van der Waals surface area contributed by atoms with Crippen molar-refractivity contribution in [2.24, 2.45) is 0 Å². The molecular formula is C17H27ClN2O3S. The second-order valence-corrected chi connectivity index (χ2v) is 8.47. The topological polar surface area (TPSA) is 67.4 Å². The van der Waals surface area contributed by atoms with E-state index in [4.69, 9.17) is 4.74 Å². The lowest BCUT2D eigenvalue weighted by Crippen LogP contribution is -2.52. The van der Waals surface area contributed by atoms with Gasteiger partial charge in [-0.15, -0.1) is 12.4 Å². The third-order valence-electron chi connectivity index (χ3n) is 4.98. The highest BCUT2D eigenvalue weighted by molar-refractivity contribution is 7.89. The van der Waals surface area contributed by atoms with E-state index in [1.807, 2.05) is 12.1 Å². The molecule has 0 spiro atoms.